The Hall–Kier alpha value is -2.40. The summed E-state index contributed by atoms with van der Waals surface area (Å²) in [5.41, 5.74) is 2.22. The van der Waals surface area contributed by atoms with Crippen molar-refractivity contribution in [3.05, 3.63) is 28.6 Å². The first-order valence-corrected chi connectivity index (χ1v) is 6.64. The van der Waals surface area contributed by atoms with Crippen molar-refractivity contribution in [1.29, 1.82) is 10.5 Å². The molecule has 0 radical (unpaired) electrons. The quantitative estimate of drug-likeness (QED) is 0.713. The molecule has 20 heavy (non-hydrogen) atoms. The van der Waals surface area contributed by atoms with Gasteiger partial charge >= 0.3 is 0 Å². The van der Waals surface area contributed by atoms with Gasteiger partial charge in [0.15, 0.2) is 5.78 Å². The van der Waals surface area contributed by atoms with Crippen LogP contribution in [0.4, 0.5) is 0 Å². The average molecular weight is 266 g/mol. The summed E-state index contributed by atoms with van der Waals surface area (Å²) in [6.45, 7) is 2.02. The lowest BCUT2D eigenvalue weighted by Gasteiger charge is -2.40. The van der Waals surface area contributed by atoms with E-state index in [0.717, 1.165) is 24.1 Å². The molecule has 2 unspecified atom stereocenters. The predicted molar refractivity (Wildman–Crippen MR) is 70.4 cm³/mol. The zero-order chi connectivity index (χ0) is 14.5. The summed E-state index contributed by atoms with van der Waals surface area (Å²) in [7, 11) is 1.76. The second-order valence-electron chi connectivity index (χ2n) is 5.73. The monoisotopic (exact) mass is 266 g/mol. The topological polar surface area (TPSA) is 82.5 Å². The summed E-state index contributed by atoms with van der Waals surface area (Å²) in [4.78, 5) is 11.9. The Morgan fingerprint density at radius 3 is 2.85 bits per heavy atom. The van der Waals surface area contributed by atoms with Gasteiger partial charge in [-0.15, -0.1) is 0 Å². The molecule has 2 aliphatic carbocycles. The lowest BCUT2D eigenvalue weighted by atomic mass is 9.61. The molecule has 0 saturated heterocycles. The van der Waals surface area contributed by atoms with Crippen molar-refractivity contribution < 1.29 is 4.79 Å². The number of rotatable bonds is 0. The number of nitriles is 2. The zero-order valence-corrected chi connectivity index (χ0v) is 11.5. The number of carbonyl (C=O) groups excluding carboxylic acids is 1. The Morgan fingerprint density at radius 1 is 1.45 bits per heavy atom. The number of hydrogen-bond acceptors (Lipinski definition) is 4. The van der Waals surface area contributed by atoms with Gasteiger partial charge in [0.25, 0.3) is 0 Å². The minimum atomic E-state index is -0.417. The van der Waals surface area contributed by atoms with Crippen molar-refractivity contribution in [1.82, 2.24) is 9.78 Å². The van der Waals surface area contributed by atoms with Gasteiger partial charge in [-0.2, -0.15) is 15.6 Å². The summed E-state index contributed by atoms with van der Waals surface area (Å²) < 4.78 is 1.61. The molecule has 0 bridgehead atoms. The van der Waals surface area contributed by atoms with Crippen molar-refractivity contribution in [2.75, 3.05) is 0 Å². The van der Waals surface area contributed by atoms with Crippen LogP contribution in [-0.4, -0.2) is 15.6 Å². The van der Waals surface area contributed by atoms with Crippen LogP contribution in [0.2, 0.25) is 0 Å². The first-order chi connectivity index (χ1) is 9.51. The summed E-state index contributed by atoms with van der Waals surface area (Å²) in [6.07, 6.45) is 3.78. The lowest BCUT2D eigenvalue weighted by molar-refractivity contribution is -0.117. The zero-order valence-electron chi connectivity index (χ0n) is 11.5. The van der Waals surface area contributed by atoms with Crippen LogP contribution >= 0.6 is 0 Å². The van der Waals surface area contributed by atoms with Crippen LogP contribution in [0.25, 0.3) is 0 Å². The van der Waals surface area contributed by atoms with Crippen LogP contribution in [0.3, 0.4) is 0 Å². The van der Waals surface area contributed by atoms with E-state index in [0.29, 0.717) is 12.1 Å². The fraction of sp³-hybridized carbons (Fsp3) is 0.467. The molecule has 0 amide bonds. The molecule has 0 N–H and O–H groups in total. The largest absolute Gasteiger partial charge is 0.293 e. The number of aryl methyl sites for hydroxylation is 1. The van der Waals surface area contributed by atoms with E-state index < -0.39 is 5.41 Å². The number of hydrogen-bond donors (Lipinski definition) is 0. The summed E-state index contributed by atoms with van der Waals surface area (Å²) in [5.74, 6) is 0.0934. The Balaban J connectivity index is 2.24. The van der Waals surface area contributed by atoms with Crippen molar-refractivity contribution in [3.8, 4) is 12.1 Å². The van der Waals surface area contributed by atoms with E-state index in [4.69, 9.17) is 5.26 Å². The molecule has 2 atom stereocenters. The van der Waals surface area contributed by atoms with E-state index in [1.54, 1.807) is 17.8 Å². The molecular formula is C15H14N4O. The number of aromatic nitrogens is 2. The van der Waals surface area contributed by atoms with Gasteiger partial charge in [0, 0.05) is 24.4 Å². The van der Waals surface area contributed by atoms with Gasteiger partial charge in [-0.25, -0.2) is 0 Å². The summed E-state index contributed by atoms with van der Waals surface area (Å²) >= 11 is 0. The standard InChI is InChI=1S/C15H14N4O/c1-15-6-9(7-16)13(20)5-10(15)3-4-11-12(8-17)19(2)18-14(11)15/h6,10H,3-5H2,1-2H3. The molecule has 0 saturated carbocycles. The number of fused-ring (bicyclic) bond motifs is 3. The van der Waals surface area contributed by atoms with Crippen LogP contribution in [0, 0.1) is 28.6 Å². The van der Waals surface area contributed by atoms with Gasteiger partial charge in [-0.1, -0.05) is 13.0 Å². The smallest absolute Gasteiger partial charge is 0.173 e. The molecule has 100 valence electrons. The van der Waals surface area contributed by atoms with E-state index in [9.17, 15) is 10.1 Å². The van der Waals surface area contributed by atoms with Crippen molar-refractivity contribution in [2.24, 2.45) is 13.0 Å². The van der Waals surface area contributed by atoms with Gasteiger partial charge in [-0.3, -0.25) is 9.48 Å². The molecular weight excluding hydrogens is 252 g/mol. The van der Waals surface area contributed by atoms with Gasteiger partial charge in [0.05, 0.1) is 11.3 Å². The lowest BCUT2D eigenvalue weighted by Crippen LogP contribution is -2.40. The normalized spacial score (nSPS) is 27.9. The molecule has 0 fully saturated rings. The molecule has 0 aromatic carbocycles. The van der Waals surface area contributed by atoms with E-state index in [-0.39, 0.29) is 17.3 Å². The van der Waals surface area contributed by atoms with Crippen LogP contribution in [0.5, 0.6) is 0 Å². The minimum Gasteiger partial charge on any atom is -0.293 e. The Bertz CT molecular complexity index is 728. The summed E-state index contributed by atoms with van der Waals surface area (Å²) in [5, 5.41) is 22.9. The molecule has 1 heterocycles. The van der Waals surface area contributed by atoms with Gasteiger partial charge in [0.1, 0.15) is 17.8 Å². The molecule has 2 aliphatic rings. The molecule has 3 rings (SSSR count). The number of ketones is 1. The van der Waals surface area contributed by atoms with E-state index in [2.05, 4.69) is 11.2 Å². The first-order valence-electron chi connectivity index (χ1n) is 6.64. The Kier molecular flexibility index (Phi) is 2.55. The van der Waals surface area contributed by atoms with Crippen molar-refractivity contribution in [3.63, 3.8) is 0 Å². The molecule has 0 aliphatic heterocycles. The second-order valence-corrected chi connectivity index (χ2v) is 5.73. The number of carbonyl (C=O) groups is 1. The number of Topliss-reactive ketones (excluding diaryl/α,β-unsaturated/α-hetero) is 1. The number of allylic oxidation sites excluding steroid dienone is 2. The predicted octanol–water partition coefficient (Wildman–Crippen LogP) is 1.53. The molecule has 1 aromatic heterocycles. The second kappa shape index (κ2) is 4.05. The highest BCUT2D eigenvalue weighted by molar-refractivity contribution is 6.00. The SMILES string of the molecule is Cn1nc2c(c1C#N)CCC1CC(=O)C(C#N)=CC21C. The minimum absolute atomic E-state index is 0.0742. The highest BCUT2D eigenvalue weighted by Crippen LogP contribution is 2.47. The molecule has 1 aromatic rings. The highest BCUT2D eigenvalue weighted by Gasteiger charge is 2.46. The van der Waals surface area contributed by atoms with Crippen molar-refractivity contribution >= 4 is 5.78 Å². The van der Waals surface area contributed by atoms with Gasteiger partial charge < -0.3 is 0 Å². The molecule has 0 spiro atoms. The Labute approximate surface area is 117 Å². The highest BCUT2D eigenvalue weighted by atomic mass is 16.1. The van der Waals surface area contributed by atoms with E-state index in [1.165, 1.54) is 0 Å². The van der Waals surface area contributed by atoms with E-state index in [1.807, 2.05) is 13.0 Å². The van der Waals surface area contributed by atoms with Crippen molar-refractivity contribution in [2.45, 2.75) is 31.6 Å². The third kappa shape index (κ3) is 1.47. The van der Waals surface area contributed by atoms with Crippen LogP contribution in [-0.2, 0) is 23.7 Å². The number of nitrogens with zero attached hydrogens (tertiary/aromatic N) is 4. The maximum absolute atomic E-state index is 11.9. The molecule has 5 nitrogen and oxygen atoms in total. The van der Waals surface area contributed by atoms with Crippen LogP contribution in [0.1, 0.15) is 36.7 Å². The van der Waals surface area contributed by atoms with Gasteiger partial charge in [-0.05, 0) is 18.8 Å². The fourth-order valence-electron chi connectivity index (χ4n) is 3.50. The summed E-state index contributed by atoms with van der Waals surface area (Å²) in [6, 6.07) is 4.19. The molecule has 5 heteroatoms. The van der Waals surface area contributed by atoms with Crippen LogP contribution in [0.15, 0.2) is 11.6 Å². The van der Waals surface area contributed by atoms with E-state index >= 15 is 0 Å². The fourth-order valence-corrected chi connectivity index (χ4v) is 3.50. The first kappa shape index (κ1) is 12.6. The maximum Gasteiger partial charge on any atom is 0.173 e. The average Bonchev–Trinajstić information content (AvgIpc) is 2.76. The third-order valence-corrected chi connectivity index (χ3v) is 4.65. The third-order valence-electron chi connectivity index (χ3n) is 4.65. The Morgan fingerprint density at radius 2 is 2.20 bits per heavy atom. The van der Waals surface area contributed by atoms with Gasteiger partial charge in [0.2, 0.25) is 0 Å². The van der Waals surface area contributed by atoms with Crippen LogP contribution < -0.4 is 0 Å². The maximum atomic E-state index is 11.9.